The van der Waals surface area contributed by atoms with Crippen LogP contribution in [0.1, 0.15) is 76.7 Å². The van der Waals surface area contributed by atoms with Crippen LogP contribution in [0.15, 0.2) is 86.0 Å². The van der Waals surface area contributed by atoms with Gasteiger partial charge in [0.2, 0.25) is 11.8 Å². The van der Waals surface area contributed by atoms with Crippen molar-refractivity contribution in [3.63, 3.8) is 0 Å². The highest BCUT2D eigenvalue weighted by Gasteiger charge is 2.36. The minimum atomic E-state index is 0.172. The molecule has 5 fully saturated rings. The summed E-state index contributed by atoms with van der Waals surface area (Å²) in [7, 11) is 0. The van der Waals surface area contributed by atoms with Crippen LogP contribution in [0.4, 0.5) is 11.4 Å². The van der Waals surface area contributed by atoms with Crippen molar-refractivity contribution < 1.29 is 19.2 Å². The third-order valence-corrected chi connectivity index (χ3v) is 13.4. The summed E-state index contributed by atoms with van der Waals surface area (Å²) in [4.78, 5) is 55.6. The number of anilines is 2. The van der Waals surface area contributed by atoms with E-state index in [1.54, 1.807) is 6.08 Å². The Balaban J connectivity index is 0.000000134. The lowest BCUT2D eigenvalue weighted by Gasteiger charge is -2.36. The quantitative estimate of drug-likeness (QED) is 0.201. The van der Waals surface area contributed by atoms with Crippen LogP contribution < -0.4 is 9.80 Å². The van der Waals surface area contributed by atoms with Crippen molar-refractivity contribution in [2.45, 2.75) is 76.7 Å². The SMILES string of the molecule is O=C(C1CC1)N1CCN(c2ccnn3cc(-c4cn[nH]c4)cc23)CC1.O=C1C=CCCC1.O=C1CCCC(n2cc(-c3cc4c(N5CCN(C(=O)C6CC6)CC5)ccnn4c3)cn2)C1. The van der Waals surface area contributed by atoms with Gasteiger partial charge in [-0.3, -0.25) is 29.0 Å². The van der Waals surface area contributed by atoms with Crippen molar-refractivity contribution in [2.24, 2.45) is 11.8 Å². The molecule has 64 heavy (non-hydrogen) atoms. The van der Waals surface area contributed by atoms with Crippen molar-refractivity contribution in [3.05, 3.63) is 86.0 Å². The van der Waals surface area contributed by atoms with E-state index < -0.39 is 0 Å². The number of hydrogen-bond donors (Lipinski definition) is 1. The van der Waals surface area contributed by atoms with E-state index >= 15 is 0 Å². The molecule has 0 radical (unpaired) electrons. The minimum Gasteiger partial charge on any atom is -0.366 e. The molecule has 1 unspecified atom stereocenters. The lowest BCUT2D eigenvalue weighted by molar-refractivity contribution is -0.133. The van der Waals surface area contributed by atoms with Crippen molar-refractivity contribution >= 4 is 45.8 Å². The maximum atomic E-state index is 12.4. The predicted octanol–water partition coefficient (Wildman–Crippen LogP) is 6.02. The monoisotopic (exact) mass is 864 g/mol. The van der Waals surface area contributed by atoms with Gasteiger partial charge in [0.25, 0.3) is 0 Å². The Morgan fingerprint density at radius 3 is 1.70 bits per heavy atom. The van der Waals surface area contributed by atoms with E-state index in [-0.39, 0.29) is 17.7 Å². The number of aromatic nitrogens is 8. The molecule has 0 aromatic carbocycles. The number of nitrogens with one attached hydrogen (secondary N) is 1. The molecule has 3 saturated carbocycles. The smallest absolute Gasteiger partial charge is 0.225 e. The van der Waals surface area contributed by atoms with Crippen molar-refractivity contribution in [3.8, 4) is 22.3 Å². The molecule has 1 atom stereocenters. The van der Waals surface area contributed by atoms with Crippen LogP contribution in [0, 0.1) is 11.8 Å². The van der Waals surface area contributed by atoms with Gasteiger partial charge in [-0.05, 0) is 81.7 Å². The minimum absolute atomic E-state index is 0.172. The number of allylic oxidation sites excluding steroid dienone is 2. The highest BCUT2D eigenvalue weighted by Crippen LogP contribution is 2.35. The molecule has 16 nitrogen and oxygen atoms in total. The van der Waals surface area contributed by atoms with E-state index in [9.17, 15) is 19.2 Å². The highest BCUT2D eigenvalue weighted by atomic mass is 16.2. The zero-order valence-corrected chi connectivity index (χ0v) is 36.3. The fourth-order valence-electron chi connectivity index (χ4n) is 9.38. The molecule has 6 aromatic heterocycles. The number of amides is 2. The van der Waals surface area contributed by atoms with E-state index in [2.05, 4.69) is 65.8 Å². The summed E-state index contributed by atoms with van der Waals surface area (Å²) < 4.78 is 5.80. The van der Waals surface area contributed by atoms with Gasteiger partial charge in [0.1, 0.15) is 5.78 Å². The Labute approximate surface area is 371 Å². The molecule has 4 aliphatic carbocycles. The molecule has 1 N–H and O–H groups in total. The summed E-state index contributed by atoms with van der Waals surface area (Å²) in [6, 6.07) is 8.61. The Bertz CT molecular complexity index is 2650. The molecule has 2 amide bonds. The molecule has 16 heteroatoms. The number of carbonyl (C=O) groups excluding carboxylic acids is 4. The first-order valence-electron chi connectivity index (χ1n) is 23.1. The average molecular weight is 865 g/mol. The van der Waals surface area contributed by atoms with Gasteiger partial charge in [-0.25, -0.2) is 9.03 Å². The highest BCUT2D eigenvalue weighted by molar-refractivity contribution is 5.90. The van der Waals surface area contributed by atoms with Crippen LogP contribution in [-0.4, -0.2) is 125 Å². The number of fused-ring (bicyclic) bond motifs is 2. The number of hydrogen-bond acceptors (Lipinski definition) is 10. The van der Waals surface area contributed by atoms with Crippen molar-refractivity contribution in [2.75, 3.05) is 62.2 Å². The Kier molecular flexibility index (Phi) is 11.8. The van der Waals surface area contributed by atoms with E-state index in [4.69, 9.17) is 0 Å². The lowest BCUT2D eigenvalue weighted by atomic mass is 9.94. The molecular weight excluding hydrogens is 809 g/mol. The summed E-state index contributed by atoms with van der Waals surface area (Å²) in [6.45, 7) is 6.58. The van der Waals surface area contributed by atoms with Crippen molar-refractivity contribution in [1.29, 1.82) is 0 Å². The maximum absolute atomic E-state index is 12.4. The van der Waals surface area contributed by atoms with E-state index in [0.717, 1.165) is 149 Å². The normalized spacial score (nSPS) is 20.3. The van der Waals surface area contributed by atoms with E-state index in [1.165, 1.54) is 5.69 Å². The Morgan fingerprint density at radius 1 is 0.625 bits per heavy atom. The summed E-state index contributed by atoms with van der Waals surface area (Å²) in [6.07, 6.45) is 29.4. The number of aromatic amines is 1. The van der Waals surface area contributed by atoms with Crippen LogP contribution in [-0.2, 0) is 19.2 Å². The molecule has 2 saturated heterocycles. The van der Waals surface area contributed by atoms with Crippen LogP contribution >= 0.6 is 0 Å². The van der Waals surface area contributed by atoms with Gasteiger partial charge in [0, 0.05) is 143 Å². The van der Waals surface area contributed by atoms with Crippen LogP contribution in [0.25, 0.3) is 33.3 Å². The zero-order chi connectivity index (χ0) is 43.6. The van der Waals surface area contributed by atoms with Crippen LogP contribution in [0.3, 0.4) is 0 Å². The first kappa shape index (κ1) is 41.4. The number of Topliss-reactive ketones (excluding diaryl/α,β-unsaturated/α-hetero) is 1. The molecule has 0 bridgehead atoms. The molecule has 0 spiro atoms. The van der Waals surface area contributed by atoms with Gasteiger partial charge in [0.15, 0.2) is 5.78 Å². The molecular formula is C48H56N12O4. The summed E-state index contributed by atoms with van der Waals surface area (Å²) in [5.74, 6) is 1.90. The molecule has 6 aliphatic rings. The van der Waals surface area contributed by atoms with E-state index in [0.29, 0.717) is 36.4 Å². The maximum Gasteiger partial charge on any atom is 0.225 e. The van der Waals surface area contributed by atoms with Gasteiger partial charge in [-0.2, -0.15) is 20.4 Å². The number of nitrogens with zero attached hydrogens (tertiary/aromatic N) is 11. The summed E-state index contributed by atoms with van der Waals surface area (Å²) in [5.41, 5.74) is 8.72. The van der Waals surface area contributed by atoms with Gasteiger partial charge in [-0.15, -0.1) is 0 Å². The predicted molar refractivity (Wildman–Crippen MR) is 243 cm³/mol. The summed E-state index contributed by atoms with van der Waals surface area (Å²) >= 11 is 0. The second-order valence-electron chi connectivity index (χ2n) is 18.0. The largest absolute Gasteiger partial charge is 0.366 e. The number of rotatable bonds is 7. The fourth-order valence-corrected chi connectivity index (χ4v) is 9.38. The zero-order valence-electron chi connectivity index (χ0n) is 36.3. The molecule has 6 aromatic rings. The van der Waals surface area contributed by atoms with Gasteiger partial charge in [0.05, 0.1) is 40.8 Å². The summed E-state index contributed by atoms with van der Waals surface area (Å²) in [5, 5.41) is 20.4. The Hall–Kier alpha value is -6.58. The standard InChI is InChI=1S/C24H28N6O2.C18H20N6O.C6H8O/c31-21-3-1-2-20(13-21)29-16-19(14-26-29)18-12-23-22(6-7-25-30(23)15-18)27-8-10-28(11-9-27)24(32)17-4-5-17;25-18(13-1-2-13)23-7-5-22(6-8-23)16-3-4-21-24-12-14(9-17(16)24)15-10-19-20-11-15;7-6-4-2-1-3-5-6/h6-7,12,14-17,20H,1-5,8-11,13H2;3-4,9-13H,1-2,5-8H2,(H,19,20);2,4H,1,3,5H2. The third-order valence-electron chi connectivity index (χ3n) is 13.4. The first-order valence-corrected chi connectivity index (χ1v) is 23.1. The molecule has 8 heterocycles. The van der Waals surface area contributed by atoms with Crippen LogP contribution in [0.5, 0.6) is 0 Å². The number of piperazine rings is 2. The Morgan fingerprint density at radius 2 is 1.22 bits per heavy atom. The number of H-pyrrole nitrogens is 1. The number of ketones is 2. The van der Waals surface area contributed by atoms with Crippen LogP contribution in [0.2, 0.25) is 0 Å². The lowest BCUT2D eigenvalue weighted by Crippen LogP contribution is -2.49. The average Bonchev–Trinajstić information content (AvgIpc) is 4.09. The molecule has 12 rings (SSSR count). The molecule has 2 aliphatic heterocycles. The third kappa shape index (κ3) is 9.22. The first-order chi connectivity index (χ1) is 31.3. The topological polar surface area (TPSA) is 162 Å². The van der Waals surface area contributed by atoms with Gasteiger partial charge in [-0.1, -0.05) is 6.08 Å². The number of carbonyl (C=O) groups is 4. The van der Waals surface area contributed by atoms with Crippen molar-refractivity contribution in [1.82, 2.24) is 49.0 Å². The second-order valence-corrected chi connectivity index (χ2v) is 18.0. The fraction of sp³-hybridized carbons (Fsp3) is 0.458. The van der Waals surface area contributed by atoms with Gasteiger partial charge < -0.3 is 19.6 Å². The second kappa shape index (κ2) is 18.3. The molecule has 332 valence electrons. The van der Waals surface area contributed by atoms with E-state index in [1.807, 2.05) is 73.0 Å². The van der Waals surface area contributed by atoms with Gasteiger partial charge >= 0.3 is 0 Å².